The lowest BCUT2D eigenvalue weighted by molar-refractivity contribution is -0.120. The van der Waals surface area contributed by atoms with Gasteiger partial charge in [0, 0.05) is 0 Å². The number of carbonyl (C=O) groups is 1. The van der Waals surface area contributed by atoms with Gasteiger partial charge in [-0.25, -0.2) is 0 Å². The quantitative estimate of drug-likeness (QED) is 0.826. The minimum Gasteiger partial charge on any atom is -0.467 e. The third-order valence-electron chi connectivity index (χ3n) is 1.66. The Bertz CT molecular complexity index is 259. The molecule has 0 radical (unpaired) electrons. The van der Waals surface area contributed by atoms with Gasteiger partial charge in [-0.3, -0.25) is 4.79 Å². The number of rotatable bonds is 4. The first kappa shape index (κ1) is 10.3. The first-order valence-electron chi connectivity index (χ1n) is 4.18. The molecule has 0 fully saturated rings. The van der Waals surface area contributed by atoms with E-state index in [9.17, 15) is 4.79 Å². The van der Waals surface area contributed by atoms with Crippen LogP contribution in [-0.4, -0.2) is 10.7 Å². The van der Waals surface area contributed by atoms with E-state index in [1.165, 1.54) is 0 Å². The zero-order valence-corrected chi connectivity index (χ0v) is 9.00. The molecule has 1 amide bonds. The summed E-state index contributed by atoms with van der Waals surface area (Å²) in [5, 5.41) is 2.76. The van der Waals surface area contributed by atoms with Crippen molar-refractivity contribution < 1.29 is 9.21 Å². The maximum Gasteiger partial charge on any atom is 0.234 e. The maximum absolute atomic E-state index is 11.3. The zero-order chi connectivity index (χ0) is 9.68. The van der Waals surface area contributed by atoms with Crippen LogP contribution in [-0.2, 0) is 11.3 Å². The number of halogens is 1. The van der Waals surface area contributed by atoms with Gasteiger partial charge in [0.05, 0.1) is 17.6 Å². The fraction of sp³-hybridized carbons (Fsp3) is 0.444. The Hall–Kier alpha value is -0.770. The fourth-order valence-electron chi connectivity index (χ4n) is 0.884. The van der Waals surface area contributed by atoms with E-state index >= 15 is 0 Å². The molecule has 0 aliphatic carbocycles. The van der Waals surface area contributed by atoms with Crippen LogP contribution in [0.4, 0.5) is 0 Å². The van der Waals surface area contributed by atoms with Crippen molar-refractivity contribution in [3.63, 3.8) is 0 Å². The average Bonchev–Trinajstić information content (AvgIpc) is 2.65. The molecule has 4 heteroatoms. The van der Waals surface area contributed by atoms with Crippen LogP contribution in [0.3, 0.4) is 0 Å². The maximum atomic E-state index is 11.3. The van der Waals surface area contributed by atoms with E-state index in [0.29, 0.717) is 6.54 Å². The van der Waals surface area contributed by atoms with Crippen LogP contribution in [0.25, 0.3) is 0 Å². The molecule has 0 aliphatic rings. The molecule has 0 spiro atoms. The first-order chi connectivity index (χ1) is 6.24. The number of furan rings is 1. The van der Waals surface area contributed by atoms with Gasteiger partial charge in [0.2, 0.25) is 5.91 Å². The SMILES string of the molecule is CC[C@H](Br)C(=O)NCc1ccco1. The van der Waals surface area contributed by atoms with Crippen LogP contribution in [0.2, 0.25) is 0 Å². The van der Waals surface area contributed by atoms with Crippen LogP contribution in [0.15, 0.2) is 22.8 Å². The number of alkyl halides is 1. The lowest BCUT2D eigenvalue weighted by atomic mass is 10.3. The lowest BCUT2D eigenvalue weighted by Gasteiger charge is -2.06. The van der Waals surface area contributed by atoms with Crippen LogP contribution in [0.5, 0.6) is 0 Å². The second-order valence-corrected chi connectivity index (χ2v) is 3.78. The smallest absolute Gasteiger partial charge is 0.234 e. The van der Waals surface area contributed by atoms with Crippen molar-refractivity contribution in [2.24, 2.45) is 0 Å². The predicted molar refractivity (Wildman–Crippen MR) is 53.6 cm³/mol. The summed E-state index contributed by atoms with van der Waals surface area (Å²) in [5.74, 6) is 0.767. The van der Waals surface area contributed by atoms with Crippen LogP contribution in [0, 0.1) is 0 Å². The Morgan fingerprint density at radius 1 is 1.77 bits per heavy atom. The van der Waals surface area contributed by atoms with Gasteiger partial charge in [-0.2, -0.15) is 0 Å². The molecule has 0 unspecified atom stereocenters. The normalized spacial score (nSPS) is 12.5. The highest BCUT2D eigenvalue weighted by Crippen LogP contribution is 2.05. The van der Waals surface area contributed by atoms with Crippen LogP contribution >= 0.6 is 15.9 Å². The van der Waals surface area contributed by atoms with Crippen molar-refractivity contribution in [2.75, 3.05) is 0 Å². The molecule has 1 N–H and O–H groups in total. The number of hydrogen-bond acceptors (Lipinski definition) is 2. The second-order valence-electron chi connectivity index (χ2n) is 2.67. The number of amides is 1. The number of carbonyl (C=O) groups excluding carboxylic acids is 1. The summed E-state index contributed by atoms with van der Waals surface area (Å²) in [6.07, 6.45) is 2.37. The predicted octanol–water partition coefficient (Wildman–Crippen LogP) is 2.07. The molecular formula is C9H12BrNO2. The van der Waals surface area contributed by atoms with Crippen molar-refractivity contribution in [3.05, 3.63) is 24.2 Å². The average molecular weight is 246 g/mol. The molecule has 72 valence electrons. The van der Waals surface area contributed by atoms with Crippen LogP contribution in [0.1, 0.15) is 19.1 Å². The highest BCUT2D eigenvalue weighted by atomic mass is 79.9. The minimum absolute atomic E-state index is 0.00102. The minimum atomic E-state index is -0.109. The summed E-state index contributed by atoms with van der Waals surface area (Å²) < 4.78 is 5.07. The van der Waals surface area contributed by atoms with E-state index < -0.39 is 0 Å². The summed E-state index contributed by atoms with van der Waals surface area (Å²) in [5.41, 5.74) is 0. The van der Waals surface area contributed by atoms with Gasteiger partial charge in [-0.05, 0) is 18.6 Å². The van der Waals surface area contributed by atoms with Crippen molar-refractivity contribution in [1.29, 1.82) is 0 Å². The third kappa shape index (κ3) is 3.22. The van der Waals surface area contributed by atoms with Gasteiger partial charge >= 0.3 is 0 Å². The monoisotopic (exact) mass is 245 g/mol. The van der Waals surface area contributed by atoms with Crippen molar-refractivity contribution in [3.8, 4) is 0 Å². The highest BCUT2D eigenvalue weighted by molar-refractivity contribution is 9.10. The summed E-state index contributed by atoms with van der Waals surface area (Å²) in [7, 11) is 0. The molecule has 1 aromatic heterocycles. The van der Waals surface area contributed by atoms with Gasteiger partial charge < -0.3 is 9.73 Å². The molecule has 1 rings (SSSR count). The molecular weight excluding hydrogens is 234 g/mol. The molecule has 0 saturated heterocycles. The van der Waals surface area contributed by atoms with E-state index in [1.807, 2.05) is 13.0 Å². The fourth-order valence-corrected chi connectivity index (χ4v) is 1.05. The lowest BCUT2D eigenvalue weighted by Crippen LogP contribution is -2.29. The van der Waals surface area contributed by atoms with Crippen molar-refractivity contribution >= 4 is 21.8 Å². The standard InChI is InChI=1S/C9H12BrNO2/c1-2-8(10)9(12)11-6-7-4-3-5-13-7/h3-5,8H,2,6H2,1H3,(H,11,12)/t8-/m0/s1. The Kier molecular flexibility index (Phi) is 4.02. The third-order valence-corrected chi connectivity index (χ3v) is 2.72. The van der Waals surface area contributed by atoms with E-state index in [1.54, 1.807) is 12.3 Å². The Morgan fingerprint density at radius 3 is 3.08 bits per heavy atom. The number of hydrogen-bond donors (Lipinski definition) is 1. The molecule has 0 bridgehead atoms. The van der Waals surface area contributed by atoms with Gasteiger partial charge in [0.15, 0.2) is 0 Å². The van der Waals surface area contributed by atoms with Gasteiger partial charge in [-0.15, -0.1) is 0 Å². The second kappa shape index (κ2) is 5.07. The molecule has 1 atom stereocenters. The topological polar surface area (TPSA) is 42.2 Å². The molecule has 0 aliphatic heterocycles. The Balaban J connectivity index is 2.31. The largest absolute Gasteiger partial charge is 0.467 e. The Morgan fingerprint density at radius 2 is 2.54 bits per heavy atom. The van der Waals surface area contributed by atoms with E-state index in [0.717, 1.165) is 12.2 Å². The molecule has 13 heavy (non-hydrogen) atoms. The van der Waals surface area contributed by atoms with E-state index in [-0.39, 0.29) is 10.7 Å². The van der Waals surface area contributed by atoms with Gasteiger partial charge in [-0.1, -0.05) is 22.9 Å². The van der Waals surface area contributed by atoms with Crippen LogP contribution < -0.4 is 5.32 Å². The van der Waals surface area contributed by atoms with Crippen molar-refractivity contribution in [2.45, 2.75) is 24.7 Å². The molecule has 3 nitrogen and oxygen atoms in total. The molecule has 1 heterocycles. The Labute approximate surface area is 85.6 Å². The van der Waals surface area contributed by atoms with Crippen molar-refractivity contribution in [1.82, 2.24) is 5.32 Å². The van der Waals surface area contributed by atoms with E-state index in [4.69, 9.17) is 4.42 Å². The molecule has 0 saturated carbocycles. The summed E-state index contributed by atoms with van der Waals surface area (Å²) in [6, 6.07) is 3.63. The summed E-state index contributed by atoms with van der Waals surface area (Å²) >= 11 is 3.26. The first-order valence-corrected chi connectivity index (χ1v) is 5.09. The van der Waals surface area contributed by atoms with Gasteiger partial charge in [0.1, 0.15) is 5.76 Å². The highest BCUT2D eigenvalue weighted by Gasteiger charge is 2.11. The summed E-state index contributed by atoms with van der Waals surface area (Å²) in [4.78, 5) is 11.2. The van der Waals surface area contributed by atoms with E-state index in [2.05, 4.69) is 21.2 Å². The summed E-state index contributed by atoms with van der Waals surface area (Å²) in [6.45, 7) is 2.40. The molecule has 0 aromatic carbocycles. The molecule has 1 aromatic rings. The van der Waals surface area contributed by atoms with Gasteiger partial charge in [0.25, 0.3) is 0 Å². The number of nitrogens with one attached hydrogen (secondary N) is 1. The zero-order valence-electron chi connectivity index (χ0n) is 7.42.